The van der Waals surface area contributed by atoms with Crippen LogP contribution in [0.25, 0.3) is 11.4 Å². The summed E-state index contributed by atoms with van der Waals surface area (Å²) in [6, 6.07) is 2.90. The van der Waals surface area contributed by atoms with E-state index in [2.05, 4.69) is 30.8 Å². The molecule has 3 heterocycles. The van der Waals surface area contributed by atoms with Crippen LogP contribution >= 0.6 is 0 Å². The molecule has 4 rings (SSSR count). The lowest BCUT2D eigenvalue weighted by Crippen LogP contribution is -2.51. The summed E-state index contributed by atoms with van der Waals surface area (Å²) in [5, 5.41) is 30.4. The molecule has 0 amide bonds. The van der Waals surface area contributed by atoms with Gasteiger partial charge in [-0.25, -0.2) is 22.0 Å². The minimum absolute atomic E-state index is 0.0263. The predicted octanol–water partition coefficient (Wildman–Crippen LogP) is -2.24. The Bertz CT molecular complexity index is 1160. The van der Waals surface area contributed by atoms with Crippen LogP contribution in [0.15, 0.2) is 21.9 Å². The number of nitrogens with two attached hydrogens (primary N) is 1. The number of piperazine rings is 1. The van der Waals surface area contributed by atoms with Crippen LogP contribution in [0.4, 0.5) is 5.69 Å². The zero-order chi connectivity index (χ0) is 22.9. The first-order valence-electron chi connectivity index (χ1n) is 10.2. The number of primary sulfonamides is 1. The Morgan fingerprint density at radius 3 is 2.38 bits per heavy atom. The number of hydrogen-bond donors (Lipinski definition) is 4. The number of benzene rings is 1. The second kappa shape index (κ2) is 8.99. The van der Waals surface area contributed by atoms with E-state index >= 15 is 0 Å². The monoisotopic (exact) mass is 486 g/mol. The highest BCUT2D eigenvalue weighted by Crippen LogP contribution is 2.39. The highest BCUT2D eigenvalue weighted by Gasteiger charge is 2.39. The van der Waals surface area contributed by atoms with E-state index in [1.165, 1.54) is 6.07 Å². The second-order valence-electron chi connectivity index (χ2n) is 7.80. The first-order valence-corrected chi connectivity index (χ1v) is 13.3. The van der Waals surface area contributed by atoms with Crippen LogP contribution in [0.3, 0.4) is 0 Å². The highest BCUT2D eigenvalue weighted by atomic mass is 32.2. The number of anilines is 1. The molecule has 2 aromatic rings. The number of aliphatic hydroxyl groups excluding tert-OH is 1. The van der Waals surface area contributed by atoms with Crippen molar-refractivity contribution in [3.8, 4) is 11.4 Å². The summed E-state index contributed by atoms with van der Waals surface area (Å²) in [7, 11) is -8.42. The van der Waals surface area contributed by atoms with Crippen LogP contribution in [0, 0.1) is 0 Å². The van der Waals surface area contributed by atoms with Gasteiger partial charge in [-0.15, -0.1) is 10.2 Å². The zero-order valence-corrected chi connectivity index (χ0v) is 18.9. The Labute approximate surface area is 185 Å². The molecule has 0 radical (unpaired) electrons. The minimum Gasteiger partial charge on any atom is -0.396 e. The van der Waals surface area contributed by atoms with E-state index in [9.17, 15) is 16.8 Å². The number of nitrogens with zero attached hydrogens (tertiary/aromatic N) is 5. The van der Waals surface area contributed by atoms with Gasteiger partial charge in [-0.3, -0.25) is 4.90 Å². The number of aromatic amines is 1. The molecule has 13 nitrogen and oxygen atoms in total. The quantitative estimate of drug-likeness (QED) is 0.316. The fourth-order valence-corrected chi connectivity index (χ4v) is 7.15. The fourth-order valence-electron chi connectivity index (χ4n) is 3.97. The Hall–Kier alpha value is -2.17. The SMILES string of the molecule is NS(=O)(=O)c1c(S(=O)(=O)C2CNC2)ccc(N2CCN(CCCO)CC2)c1-c1nn[nH]n1. The number of nitrogens with one attached hydrogen (secondary N) is 2. The Morgan fingerprint density at radius 1 is 1.12 bits per heavy atom. The summed E-state index contributed by atoms with van der Waals surface area (Å²) >= 11 is 0. The van der Waals surface area contributed by atoms with Crippen molar-refractivity contribution in [1.82, 2.24) is 30.8 Å². The molecule has 32 heavy (non-hydrogen) atoms. The maximum Gasteiger partial charge on any atom is 0.240 e. The van der Waals surface area contributed by atoms with Crippen molar-refractivity contribution in [2.45, 2.75) is 21.5 Å². The van der Waals surface area contributed by atoms with E-state index in [1.807, 2.05) is 4.90 Å². The first-order chi connectivity index (χ1) is 15.2. The molecule has 0 spiro atoms. The van der Waals surface area contributed by atoms with Crippen molar-refractivity contribution >= 4 is 25.5 Å². The summed E-state index contributed by atoms with van der Waals surface area (Å²) in [4.78, 5) is 3.29. The third-order valence-corrected chi connectivity index (χ3v) is 9.07. The number of H-pyrrole nitrogens is 1. The summed E-state index contributed by atoms with van der Waals surface area (Å²) < 4.78 is 51.8. The lowest BCUT2D eigenvalue weighted by atomic mass is 10.1. The number of rotatable bonds is 8. The van der Waals surface area contributed by atoms with Crippen molar-refractivity contribution < 1.29 is 21.9 Å². The number of tetrazole rings is 1. The normalized spacial score (nSPS) is 18.6. The van der Waals surface area contributed by atoms with Gasteiger partial charge >= 0.3 is 0 Å². The number of hydrogen-bond acceptors (Lipinski definition) is 11. The predicted molar refractivity (Wildman–Crippen MR) is 115 cm³/mol. The standard InChI is InChI=1S/C17H26N8O5S2/c18-32(29,30)16-14(31(27,28)12-10-19-11-12)3-2-13(15(16)17-20-22-23-21-17)25-7-5-24(6-8-25)4-1-9-26/h2-3,12,19,26H,1,4-11H2,(H2,18,29,30)(H,20,21,22,23). The molecule has 0 bridgehead atoms. The van der Waals surface area contributed by atoms with Crippen molar-refractivity contribution in [2.75, 3.05) is 57.3 Å². The van der Waals surface area contributed by atoms with Crippen LogP contribution in [0.2, 0.25) is 0 Å². The number of sulfone groups is 1. The fraction of sp³-hybridized carbons (Fsp3) is 0.588. The van der Waals surface area contributed by atoms with Crippen molar-refractivity contribution in [3.05, 3.63) is 12.1 Å². The molecule has 2 aliphatic heterocycles. The summed E-state index contributed by atoms with van der Waals surface area (Å²) in [5.74, 6) is -0.0458. The van der Waals surface area contributed by atoms with Gasteiger partial charge in [-0.2, -0.15) is 5.21 Å². The van der Waals surface area contributed by atoms with Gasteiger partial charge in [0, 0.05) is 58.1 Å². The largest absolute Gasteiger partial charge is 0.396 e. The third kappa shape index (κ3) is 4.35. The molecule has 2 aliphatic rings. The van der Waals surface area contributed by atoms with E-state index in [0.29, 0.717) is 38.3 Å². The second-order valence-corrected chi connectivity index (χ2v) is 11.5. The topological polar surface area (TPSA) is 188 Å². The average Bonchev–Trinajstić information content (AvgIpc) is 3.24. The highest BCUT2D eigenvalue weighted by molar-refractivity contribution is 7.94. The van der Waals surface area contributed by atoms with Gasteiger partial charge in [-0.05, 0) is 23.8 Å². The molecule has 5 N–H and O–H groups in total. The Balaban J connectivity index is 1.82. The molecular formula is C17H26N8O5S2. The van der Waals surface area contributed by atoms with Crippen molar-refractivity contribution in [1.29, 1.82) is 0 Å². The molecule has 176 valence electrons. The summed E-state index contributed by atoms with van der Waals surface area (Å²) in [6.45, 7) is 3.89. The third-order valence-electron chi connectivity index (χ3n) is 5.79. The van der Waals surface area contributed by atoms with Gasteiger partial charge in [0.1, 0.15) is 4.90 Å². The van der Waals surface area contributed by atoms with E-state index in [0.717, 1.165) is 6.54 Å². The molecular weight excluding hydrogens is 460 g/mol. The van der Waals surface area contributed by atoms with E-state index in [4.69, 9.17) is 10.2 Å². The lowest BCUT2D eigenvalue weighted by molar-refractivity contribution is 0.216. The maximum atomic E-state index is 13.2. The molecule has 2 fully saturated rings. The number of aromatic nitrogens is 4. The van der Waals surface area contributed by atoms with Gasteiger partial charge in [0.15, 0.2) is 9.84 Å². The Kier molecular flexibility index (Phi) is 6.46. The number of aliphatic hydroxyl groups is 1. The van der Waals surface area contributed by atoms with E-state index < -0.39 is 30.0 Å². The minimum atomic E-state index is -4.46. The van der Waals surface area contributed by atoms with Crippen LogP contribution in [-0.2, 0) is 19.9 Å². The van der Waals surface area contributed by atoms with Gasteiger partial charge in [0.05, 0.1) is 15.7 Å². The molecule has 0 unspecified atom stereocenters. The molecule has 15 heteroatoms. The Morgan fingerprint density at radius 2 is 1.84 bits per heavy atom. The molecule has 0 atom stereocenters. The van der Waals surface area contributed by atoms with E-state index in [1.54, 1.807) is 6.07 Å². The average molecular weight is 487 g/mol. The molecule has 0 saturated carbocycles. The summed E-state index contributed by atoms with van der Waals surface area (Å²) in [5.41, 5.74) is 0.501. The van der Waals surface area contributed by atoms with Crippen LogP contribution in [-0.4, -0.2) is 105 Å². The molecule has 1 aromatic heterocycles. The molecule has 1 aromatic carbocycles. The summed E-state index contributed by atoms with van der Waals surface area (Å²) in [6.07, 6.45) is 0.673. The smallest absolute Gasteiger partial charge is 0.240 e. The van der Waals surface area contributed by atoms with Crippen molar-refractivity contribution in [3.63, 3.8) is 0 Å². The lowest BCUT2D eigenvalue weighted by Gasteiger charge is -2.37. The van der Waals surface area contributed by atoms with Crippen LogP contribution < -0.4 is 15.4 Å². The molecule has 0 aliphatic carbocycles. The van der Waals surface area contributed by atoms with Gasteiger partial charge in [-0.1, -0.05) is 0 Å². The van der Waals surface area contributed by atoms with Gasteiger partial charge in [0.2, 0.25) is 15.8 Å². The zero-order valence-electron chi connectivity index (χ0n) is 17.3. The maximum absolute atomic E-state index is 13.2. The van der Waals surface area contributed by atoms with E-state index in [-0.39, 0.29) is 36.0 Å². The van der Waals surface area contributed by atoms with Crippen LogP contribution in [0.5, 0.6) is 0 Å². The number of sulfonamides is 1. The van der Waals surface area contributed by atoms with Crippen molar-refractivity contribution in [2.24, 2.45) is 5.14 Å². The van der Waals surface area contributed by atoms with Gasteiger partial charge in [0.25, 0.3) is 0 Å². The van der Waals surface area contributed by atoms with Crippen LogP contribution in [0.1, 0.15) is 6.42 Å². The first kappa shape index (κ1) is 23.0. The van der Waals surface area contributed by atoms with Gasteiger partial charge < -0.3 is 15.3 Å². The molecule has 2 saturated heterocycles.